The number of carbonyl (C=O) groups excluding carboxylic acids is 2. The van der Waals surface area contributed by atoms with Crippen molar-refractivity contribution in [1.82, 2.24) is 5.32 Å². The molecule has 0 radical (unpaired) electrons. The van der Waals surface area contributed by atoms with E-state index >= 15 is 0 Å². The largest absolute Gasteiger partial charge is 0.466 e. The van der Waals surface area contributed by atoms with Gasteiger partial charge in [-0.15, -0.1) is 0 Å². The Morgan fingerprint density at radius 1 is 0.321 bits per heavy atom. The lowest BCUT2D eigenvalue weighted by Crippen LogP contribution is -2.45. The van der Waals surface area contributed by atoms with Gasteiger partial charge in [0.05, 0.1) is 25.4 Å². The van der Waals surface area contributed by atoms with Crippen LogP contribution in [0.2, 0.25) is 0 Å². The fourth-order valence-electron chi connectivity index (χ4n) is 12.0. The average Bonchev–Trinajstić information content (AvgIpc) is 3.51. The molecular weight excluding hydrogens is 1030 g/mol. The van der Waals surface area contributed by atoms with E-state index in [2.05, 4.69) is 43.5 Å². The van der Waals surface area contributed by atoms with Crippen LogP contribution in [-0.2, 0) is 14.3 Å². The Morgan fingerprint density at radius 3 is 0.857 bits per heavy atom. The van der Waals surface area contributed by atoms with Gasteiger partial charge in [-0.05, 0) is 83.5 Å². The van der Waals surface area contributed by atoms with E-state index in [1.54, 1.807) is 6.08 Å². The number of esters is 1. The first-order valence-electron chi connectivity index (χ1n) is 38.3. The Balaban J connectivity index is 3.36. The first-order valence-corrected chi connectivity index (χ1v) is 38.3. The zero-order valence-corrected chi connectivity index (χ0v) is 56.9. The van der Waals surface area contributed by atoms with Gasteiger partial charge in [0.2, 0.25) is 5.91 Å². The highest BCUT2D eigenvalue weighted by Crippen LogP contribution is 2.19. The first kappa shape index (κ1) is 82.1. The number of aliphatic hydroxyl groups excluding tert-OH is 2. The summed E-state index contributed by atoms with van der Waals surface area (Å²) in [4.78, 5) is 24.6. The molecule has 6 nitrogen and oxygen atoms in total. The van der Waals surface area contributed by atoms with Gasteiger partial charge in [-0.2, -0.15) is 0 Å². The van der Waals surface area contributed by atoms with Crippen LogP contribution >= 0.6 is 0 Å². The Bertz CT molecular complexity index is 1360. The van der Waals surface area contributed by atoms with Crippen molar-refractivity contribution in [2.24, 2.45) is 0 Å². The van der Waals surface area contributed by atoms with Crippen LogP contribution in [0.3, 0.4) is 0 Å². The van der Waals surface area contributed by atoms with Crippen LogP contribution in [0, 0.1) is 0 Å². The quantitative estimate of drug-likeness (QED) is 0.0320. The Hall–Kier alpha value is -1.92. The number of aliphatic hydroxyl groups is 2. The molecule has 6 heteroatoms. The minimum Gasteiger partial charge on any atom is -0.466 e. The Kier molecular flexibility index (Phi) is 71.9. The highest BCUT2D eigenvalue weighted by atomic mass is 16.5. The topological polar surface area (TPSA) is 95.9 Å². The van der Waals surface area contributed by atoms with Crippen LogP contribution < -0.4 is 5.32 Å². The van der Waals surface area contributed by atoms with Crippen LogP contribution in [0.1, 0.15) is 425 Å². The maximum absolute atomic E-state index is 12.5. The molecule has 0 aromatic carbocycles. The zero-order chi connectivity index (χ0) is 60.6. The lowest BCUT2D eigenvalue weighted by Gasteiger charge is -2.20. The highest BCUT2D eigenvalue weighted by Gasteiger charge is 2.18. The number of rotatable bonds is 72. The van der Waals surface area contributed by atoms with Crippen molar-refractivity contribution in [3.05, 3.63) is 36.5 Å². The number of amides is 1. The summed E-state index contributed by atoms with van der Waals surface area (Å²) in [6, 6.07) is -0.626. The number of hydrogen-bond donors (Lipinski definition) is 3. The molecule has 0 saturated heterocycles. The third-order valence-electron chi connectivity index (χ3n) is 17.9. The van der Waals surface area contributed by atoms with E-state index in [-0.39, 0.29) is 18.5 Å². The molecule has 84 heavy (non-hydrogen) atoms. The van der Waals surface area contributed by atoms with Gasteiger partial charge >= 0.3 is 5.97 Å². The van der Waals surface area contributed by atoms with Crippen molar-refractivity contribution >= 4 is 11.9 Å². The molecule has 0 bridgehead atoms. The minimum absolute atomic E-state index is 0.0112. The van der Waals surface area contributed by atoms with Crippen LogP contribution in [0.15, 0.2) is 36.5 Å². The molecular formula is C78H149NO5. The summed E-state index contributed by atoms with van der Waals surface area (Å²) in [6.45, 7) is 4.93. The maximum Gasteiger partial charge on any atom is 0.305 e. The van der Waals surface area contributed by atoms with E-state index in [1.165, 1.54) is 353 Å². The number of allylic oxidation sites excluding steroid dienone is 5. The van der Waals surface area contributed by atoms with E-state index < -0.39 is 12.1 Å². The van der Waals surface area contributed by atoms with E-state index in [1.807, 2.05) is 6.08 Å². The number of nitrogens with one attached hydrogen (secondary N) is 1. The molecule has 0 spiro atoms. The van der Waals surface area contributed by atoms with Crippen molar-refractivity contribution in [2.45, 2.75) is 437 Å². The van der Waals surface area contributed by atoms with Gasteiger partial charge in [0.15, 0.2) is 0 Å². The van der Waals surface area contributed by atoms with Gasteiger partial charge in [0.25, 0.3) is 0 Å². The van der Waals surface area contributed by atoms with Gasteiger partial charge in [-0.25, -0.2) is 0 Å². The molecule has 2 atom stereocenters. The van der Waals surface area contributed by atoms with Crippen LogP contribution in [0.5, 0.6) is 0 Å². The standard InChI is InChI=1S/C78H149NO5/c1-3-5-7-9-11-13-15-17-18-19-37-40-43-47-50-54-58-62-66-70-76(81)75(74-80)79-77(82)71-67-63-59-55-51-48-44-41-38-35-33-31-29-27-25-23-21-20-22-24-26-28-30-32-34-36-39-42-45-49-53-57-61-65-69-73-84-78(83)72-68-64-60-56-52-46-16-14-12-10-8-6-4-2/h14,16,22,24,66,70,75-76,80-81H,3-13,15,17-21,23,25-65,67-69,71-74H2,1-2H3,(H,79,82)/b16-14-,24-22-,70-66+. The summed E-state index contributed by atoms with van der Waals surface area (Å²) in [5, 5.41) is 23.3. The van der Waals surface area contributed by atoms with Gasteiger partial charge in [-0.1, -0.05) is 365 Å². The second-order valence-corrected chi connectivity index (χ2v) is 26.3. The monoisotopic (exact) mass is 1180 g/mol. The Labute approximate surface area is 525 Å². The number of hydrogen-bond acceptors (Lipinski definition) is 5. The molecule has 2 unspecified atom stereocenters. The highest BCUT2D eigenvalue weighted by molar-refractivity contribution is 5.76. The molecule has 0 fully saturated rings. The minimum atomic E-state index is -0.843. The van der Waals surface area contributed by atoms with Crippen LogP contribution in [0.4, 0.5) is 0 Å². The smallest absolute Gasteiger partial charge is 0.305 e. The molecule has 0 heterocycles. The maximum atomic E-state index is 12.5. The average molecular weight is 1180 g/mol. The normalized spacial score (nSPS) is 12.7. The molecule has 1 amide bonds. The summed E-state index contributed by atoms with van der Waals surface area (Å²) in [6.07, 6.45) is 95.4. The molecule has 0 aliphatic carbocycles. The molecule has 496 valence electrons. The van der Waals surface area contributed by atoms with Crippen molar-refractivity contribution in [1.29, 1.82) is 0 Å². The zero-order valence-electron chi connectivity index (χ0n) is 56.9. The summed E-state index contributed by atoms with van der Waals surface area (Å²) in [5.41, 5.74) is 0. The molecule has 0 aromatic heterocycles. The van der Waals surface area contributed by atoms with Crippen molar-refractivity contribution in [3.63, 3.8) is 0 Å². The summed E-state index contributed by atoms with van der Waals surface area (Å²) < 4.78 is 5.48. The molecule has 0 aliphatic heterocycles. The summed E-state index contributed by atoms with van der Waals surface area (Å²) >= 11 is 0. The third-order valence-corrected chi connectivity index (χ3v) is 17.9. The molecule has 0 rings (SSSR count). The van der Waals surface area contributed by atoms with Gasteiger partial charge in [-0.3, -0.25) is 9.59 Å². The fourth-order valence-corrected chi connectivity index (χ4v) is 12.0. The lowest BCUT2D eigenvalue weighted by molar-refractivity contribution is -0.143. The summed E-state index contributed by atoms with van der Waals surface area (Å²) in [5.74, 6) is -0.0494. The molecule has 0 aromatic rings. The van der Waals surface area contributed by atoms with Crippen molar-refractivity contribution < 1.29 is 24.5 Å². The molecule has 0 saturated carbocycles. The molecule has 3 N–H and O–H groups in total. The first-order chi connectivity index (χ1) is 41.5. The van der Waals surface area contributed by atoms with Gasteiger partial charge < -0.3 is 20.3 Å². The van der Waals surface area contributed by atoms with Crippen LogP contribution in [0.25, 0.3) is 0 Å². The Morgan fingerprint density at radius 2 is 0.560 bits per heavy atom. The summed E-state index contributed by atoms with van der Waals surface area (Å²) in [7, 11) is 0. The van der Waals surface area contributed by atoms with E-state index in [0.717, 1.165) is 44.9 Å². The van der Waals surface area contributed by atoms with E-state index in [9.17, 15) is 19.8 Å². The van der Waals surface area contributed by atoms with Gasteiger partial charge in [0, 0.05) is 12.8 Å². The third kappa shape index (κ3) is 69.2. The SMILES string of the molecule is CCCCCC/C=C\CCCCCCCC(=O)OCCCCCCCCCCCCCCCC/C=C\CCCCCCCCCCCCCCCCCCCC(=O)NC(CO)C(O)/C=C/CCCCCCCCCCCCCCCCCCC. The predicted octanol–water partition coefficient (Wildman–Crippen LogP) is 25.0. The van der Waals surface area contributed by atoms with Gasteiger partial charge in [0.1, 0.15) is 0 Å². The number of unbranched alkanes of at least 4 members (excludes halogenated alkanes) is 57. The molecule has 0 aliphatic rings. The number of ether oxygens (including phenoxy) is 1. The lowest BCUT2D eigenvalue weighted by atomic mass is 10.0. The van der Waals surface area contributed by atoms with Crippen molar-refractivity contribution in [2.75, 3.05) is 13.2 Å². The van der Waals surface area contributed by atoms with Crippen molar-refractivity contribution in [3.8, 4) is 0 Å². The fraction of sp³-hybridized carbons (Fsp3) is 0.897. The van der Waals surface area contributed by atoms with Crippen LogP contribution in [-0.4, -0.2) is 47.4 Å². The predicted molar refractivity (Wildman–Crippen MR) is 370 cm³/mol. The second kappa shape index (κ2) is 73.5. The van der Waals surface area contributed by atoms with E-state index in [0.29, 0.717) is 19.4 Å². The number of carbonyl (C=O) groups is 2. The second-order valence-electron chi connectivity index (χ2n) is 26.3. The van der Waals surface area contributed by atoms with E-state index in [4.69, 9.17) is 4.74 Å².